The zero-order chi connectivity index (χ0) is 26.2. The molecule has 0 bridgehead atoms. The molecule has 0 spiro atoms. The molecule has 2 aromatic heterocycles. The number of piperidine rings is 1. The molecule has 3 heterocycles. The van der Waals surface area contributed by atoms with Gasteiger partial charge in [-0.3, -0.25) is 4.79 Å². The molecular weight excluding hydrogens is 481 g/mol. The fraction of sp³-hybridized carbons (Fsp3) is 0.296. The predicted octanol–water partition coefficient (Wildman–Crippen LogP) is 5.43. The number of H-pyrrole nitrogens is 1. The highest BCUT2D eigenvalue weighted by Gasteiger charge is 2.30. The largest absolute Gasteiger partial charge is 0.416 e. The summed E-state index contributed by atoms with van der Waals surface area (Å²) in [4.78, 5) is 30.2. The van der Waals surface area contributed by atoms with Crippen molar-refractivity contribution in [2.75, 3.05) is 37.4 Å². The molecule has 0 radical (unpaired) electrons. The van der Waals surface area contributed by atoms with Crippen molar-refractivity contribution in [3.8, 4) is 11.4 Å². The number of rotatable bonds is 5. The van der Waals surface area contributed by atoms with Gasteiger partial charge in [0.2, 0.25) is 0 Å². The van der Waals surface area contributed by atoms with Gasteiger partial charge in [0.15, 0.2) is 11.6 Å². The number of aromatic nitrogens is 3. The smallest absolute Gasteiger partial charge is 0.357 e. The highest BCUT2D eigenvalue weighted by molar-refractivity contribution is 6.05. The molecule has 7 nitrogen and oxygen atoms in total. The topological polar surface area (TPSA) is 77.2 Å². The van der Waals surface area contributed by atoms with Crippen LogP contribution in [0, 0.1) is 0 Å². The van der Waals surface area contributed by atoms with Crippen molar-refractivity contribution in [3.05, 3.63) is 71.9 Å². The predicted molar refractivity (Wildman–Crippen MR) is 138 cm³/mol. The SMILES string of the molecule is CN(C)C1CCN(c2nc(-c3cccc(C(=O)Nc4cccc(C(F)(F)F)c4)c3)nc3cc[nH]c23)CC1. The van der Waals surface area contributed by atoms with Crippen molar-refractivity contribution in [3.63, 3.8) is 0 Å². The molecular formula is C27H27F3N6O. The normalized spacial score (nSPS) is 14.9. The highest BCUT2D eigenvalue weighted by atomic mass is 19.4. The van der Waals surface area contributed by atoms with E-state index in [0.717, 1.165) is 54.9 Å². The van der Waals surface area contributed by atoms with E-state index >= 15 is 0 Å². The van der Waals surface area contributed by atoms with E-state index in [1.807, 2.05) is 18.3 Å². The van der Waals surface area contributed by atoms with Gasteiger partial charge >= 0.3 is 6.18 Å². The number of fused-ring (bicyclic) bond motifs is 1. The summed E-state index contributed by atoms with van der Waals surface area (Å²) in [6.07, 6.45) is -0.605. The first-order valence-electron chi connectivity index (χ1n) is 12.0. The van der Waals surface area contributed by atoms with Gasteiger partial charge < -0.3 is 20.1 Å². The molecule has 10 heteroatoms. The Balaban J connectivity index is 1.42. The first-order chi connectivity index (χ1) is 17.7. The number of nitrogens with one attached hydrogen (secondary N) is 2. The van der Waals surface area contributed by atoms with E-state index in [2.05, 4.69) is 34.2 Å². The third-order valence-corrected chi connectivity index (χ3v) is 6.71. The lowest BCUT2D eigenvalue weighted by Gasteiger charge is -2.36. The minimum absolute atomic E-state index is 0.0682. The molecule has 192 valence electrons. The molecule has 1 aliphatic heterocycles. The van der Waals surface area contributed by atoms with Gasteiger partial charge in [0.1, 0.15) is 5.52 Å². The zero-order valence-electron chi connectivity index (χ0n) is 20.5. The lowest BCUT2D eigenvalue weighted by Crippen LogP contribution is -2.42. The van der Waals surface area contributed by atoms with Crippen molar-refractivity contribution < 1.29 is 18.0 Å². The van der Waals surface area contributed by atoms with Gasteiger partial charge in [-0.05, 0) is 63.3 Å². The Labute approximate surface area is 212 Å². The molecule has 4 aromatic rings. The Morgan fingerprint density at radius 1 is 1.05 bits per heavy atom. The summed E-state index contributed by atoms with van der Waals surface area (Å²) in [7, 11) is 4.20. The molecule has 0 unspecified atom stereocenters. The summed E-state index contributed by atoms with van der Waals surface area (Å²) in [5.41, 5.74) is 1.82. The molecule has 2 N–H and O–H groups in total. The first-order valence-corrected chi connectivity index (χ1v) is 12.0. The molecule has 1 amide bonds. The Kier molecular flexibility index (Phi) is 6.59. The van der Waals surface area contributed by atoms with Crippen molar-refractivity contribution in [1.82, 2.24) is 19.9 Å². The Bertz CT molecular complexity index is 1420. The molecule has 1 saturated heterocycles. The number of nitrogens with zero attached hydrogens (tertiary/aromatic N) is 4. The van der Waals surface area contributed by atoms with Crippen LogP contribution in [0.25, 0.3) is 22.4 Å². The van der Waals surface area contributed by atoms with Gasteiger partial charge in [0, 0.05) is 42.1 Å². The maximum atomic E-state index is 13.0. The number of aromatic amines is 1. The molecule has 1 aliphatic rings. The summed E-state index contributed by atoms with van der Waals surface area (Å²) in [6.45, 7) is 1.74. The van der Waals surface area contributed by atoms with E-state index in [-0.39, 0.29) is 5.69 Å². The van der Waals surface area contributed by atoms with Crippen LogP contribution in [0.15, 0.2) is 60.8 Å². The number of halogens is 3. The second-order valence-corrected chi connectivity index (χ2v) is 9.40. The van der Waals surface area contributed by atoms with Gasteiger partial charge in [-0.15, -0.1) is 0 Å². The number of carbonyl (C=O) groups excluding carboxylic acids is 1. The van der Waals surface area contributed by atoms with Crippen LogP contribution in [-0.4, -0.2) is 59.0 Å². The summed E-state index contributed by atoms with van der Waals surface area (Å²) in [5, 5.41) is 2.55. The Morgan fingerprint density at radius 2 is 1.81 bits per heavy atom. The quantitative estimate of drug-likeness (QED) is 0.376. The molecule has 0 atom stereocenters. The van der Waals surface area contributed by atoms with Crippen molar-refractivity contribution in [1.29, 1.82) is 0 Å². The lowest BCUT2D eigenvalue weighted by molar-refractivity contribution is -0.137. The van der Waals surface area contributed by atoms with Crippen molar-refractivity contribution in [2.24, 2.45) is 0 Å². The maximum absolute atomic E-state index is 13.0. The number of hydrogen-bond donors (Lipinski definition) is 2. The number of carbonyl (C=O) groups is 1. The van der Waals surface area contributed by atoms with E-state index in [1.54, 1.807) is 18.2 Å². The van der Waals surface area contributed by atoms with Crippen LogP contribution < -0.4 is 10.2 Å². The van der Waals surface area contributed by atoms with Gasteiger partial charge in [0.25, 0.3) is 5.91 Å². The maximum Gasteiger partial charge on any atom is 0.416 e. The second-order valence-electron chi connectivity index (χ2n) is 9.40. The van der Waals surface area contributed by atoms with Crippen LogP contribution in [0.4, 0.5) is 24.7 Å². The average molecular weight is 509 g/mol. The van der Waals surface area contributed by atoms with Crippen molar-refractivity contribution >= 4 is 28.4 Å². The lowest BCUT2D eigenvalue weighted by atomic mass is 10.0. The van der Waals surface area contributed by atoms with Gasteiger partial charge in [-0.1, -0.05) is 18.2 Å². The minimum atomic E-state index is -4.49. The monoisotopic (exact) mass is 508 g/mol. The summed E-state index contributed by atoms with van der Waals surface area (Å²) in [5.74, 6) is 0.779. The number of amides is 1. The molecule has 37 heavy (non-hydrogen) atoms. The van der Waals surface area contributed by atoms with E-state index < -0.39 is 17.6 Å². The number of anilines is 2. The van der Waals surface area contributed by atoms with Gasteiger partial charge in [-0.2, -0.15) is 13.2 Å². The summed E-state index contributed by atoms with van der Waals surface area (Å²) < 4.78 is 39.1. The van der Waals surface area contributed by atoms with Crippen LogP contribution in [-0.2, 0) is 6.18 Å². The van der Waals surface area contributed by atoms with Crippen LogP contribution >= 0.6 is 0 Å². The van der Waals surface area contributed by atoms with E-state index in [9.17, 15) is 18.0 Å². The number of benzene rings is 2. The minimum Gasteiger partial charge on any atom is -0.357 e. The van der Waals surface area contributed by atoms with E-state index in [4.69, 9.17) is 9.97 Å². The molecule has 2 aromatic carbocycles. The van der Waals surface area contributed by atoms with Crippen LogP contribution in [0.3, 0.4) is 0 Å². The standard InChI is InChI=1S/C27H27F3N6O/c1-35(2)21-10-13-36(14-11-21)25-23-22(9-12-31-23)33-24(34-25)17-5-3-6-18(15-17)26(37)32-20-8-4-7-19(16-20)27(28,29)30/h3-9,12,15-16,21,31H,10-11,13-14H2,1-2H3,(H,32,37). The highest BCUT2D eigenvalue weighted by Crippen LogP contribution is 2.32. The van der Waals surface area contributed by atoms with Gasteiger partial charge in [0.05, 0.1) is 11.1 Å². The van der Waals surface area contributed by atoms with Crippen LogP contribution in [0.2, 0.25) is 0 Å². The Hall–Kier alpha value is -3.92. The van der Waals surface area contributed by atoms with Crippen LogP contribution in [0.1, 0.15) is 28.8 Å². The van der Waals surface area contributed by atoms with Crippen LogP contribution in [0.5, 0.6) is 0 Å². The molecule has 0 saturated carbocycles. The number of alkyl halides is 3. The zero-order valence-corrected chi connectivity index (χ0v) is 20.5. The average Bonchev–Trinajstić information content (AvgIpc) is 3.37. The van der Waals surface area contributed by atoms with Crippen molar-refractivity contribution in [2.45, 2.75) is 25.1 Å². The summed E-state index contributed by atoms with van der Waals surface area (Å²) in [6, 6.07) is 13.8. The first kappa shape index (κ1) is 24.8. The van der Waals surface area contributed by atoms with E-state index in [0.29, 0.717) is 23.0 Å². The fourth-order valence-electron chi connectivity index (χ4n) is 4.66. The molecule has 5 rings (SSSR count). The Morgan fingerprint density at radius 3 is 2.54 bits per heavy atom. The second kappa shape index (κ2) is 9.85. The summed E-state index contributed by atoms with van der Waals surface area (Å²) >= 11 is 0. The third-order valence-electron chi connectivity index (χ3n) is 6.71. The van der Waals surface area contributed by atoms with Gasteiger partial charge in [-0.25, -0.2) is 9.97 Å². The number of hydrogen-bond acceptors (Lipinski definition) is 5. The van der Waals surface area contributed by atoms with E-state index in [1.165, 1.54) is 12.1 Å². The third kappa shape index (κ3) is 5.29. The molecule has 0 aliphatic carbocycles. The fourth-order valence-corrected chi connectivity index (χ4v) is 4.66. The molecule has 1 fully saturated rings.